The molecule has 0 bridgehead atoms. The molecule has 1 saturated heterocycles. The van der Waals surface area contributed by atoms with Crippen LogP contribution in [0.4, 0.5) is 4.79 Å². The first-order chi connectivity index (χ1) is 8.91. The quantitative estimate of drug-likeness (QED) is 0.468. The van der Waals surface area contributed by atoms with Gasteiger partial charge in [-0.2, -0.15) is 0 Å². The summed E-state index contributed by atoms with van der Waals surface area (Å²) in [6, 6.07) is -2.24. The van der Waals surface area contributed by atoms with Gasteiger partial charge in [0.25, 0.3) is 0 Å². The second-order valence-corrected chi connectivity index (χ2v) is 4.41. The predicted octanol–water partition coefficient (Wildman–Crippen LogP) is -1.31. The largest absolute Gasteiger partial charge is 0.480 e. The Kier molecular flexibility index (Phi) is 3.26. The summed E-state index contributed by atoms with van der Waals surface area (Å²) in [4.78, 5) is 34.4. The molecule has 19 heavy (non-hydrogen) atoms. The van der Waals surface area contributed by atoms with Crippen molar-refractivity contribution < 1.29 is 19.5 Å². The molecule has 2 aliphatic heterocycles. The first kappa shape index (κ1) is 13.1. The maximum Gasteiger partial charge on any atom is 0.327 e. The molecular formula is C11H14N4O4. The Morgan fingerprint density at radius 3 is 2.68 bits per heavy atom. The van der Waals surface area contributed by atoms with Crippen LogP contribution in [-0.4, -0.2) is 40.1 Å². The number of β-lactam (4-membered cyclic amide) rings is 1. The minimum Gasteiger partial charge on any atom is -0.480 e. The molecule has 0 aromatic carbocycles. The Morgan fingerprint density at radius 2 is 2.16 bits per heavy atom. The fraction of sp³-hybridized carbons (Fsp3) is 0.364. The molecule has 8 heteroatoms. The molecule has 6 N–H and O–H groups in total. The Hall–Kier alpha value is -2.35. The number of urea groups is 1. The summed E-state index contributed by atoms with van der Waals surface area (Å²) in [7, 11) is 0. The normalized spacial score (nSPS) is 29.3. The molecule has 0 aliphatic carbocycles. The van der Waals surface area contributed by atoms with Crippen molar-refractivity contribution in [3.8, 4) is 0 Å². The number of nitrogens with zero attached hydrogens (tertiary/aromatic N) is 1. The van der Waals surface area contributed by atoms with E-state index in [0.29, 0.717) is 4.90 Å². The first-order valence-electron chi connectivity index (χ1n) is 5.66. The lowest BCUT2D eigenvalue weighted by molar-refractivity contribution is -0.165. The third-order valence-corrected chi connectivity index (χ3v) is 3.14. The Balaban J connectivity index is 2.12. The van der Waals surface area contributed by atoms with Crippen molar-refractivity contribution in [3.05, 3.63) is 23.9 Å². The van der Waals surface area contributed by atoms with Crippen LogP contribution in [0, 0.1) is 5.92 Å². The average molecular weight is 266 g/mol. The maximum absolute atomic E-state index is 11.7. The van der Waals surface area contributed by atoms with E-state index in [4.69, 9.17) is 16.6 Å². The summed E-state index contributed by atoms with van der Waals surface area (Å²) in [5.74, 6) is -2.60. The number of hydrogen-bond donors (Lipinski definition) is 4. The number of aliphatic carboxylic acids is 1. The Morgan fingerprint density at radius 1 is 1.47 bits per heavy atom. The van der Waals surface area contributed by atoms with Crippen LogP contribution in [0.5, 0.6) is 0 Å². The van der Waals surface area contributed by atoms with E-state index in [0.717, 1.165) is 5.57 Å². The lowest BCUT2D eigenvalue weighted by atomic mass is 9.82. The van der Waals surface area contributed by atoms with Crippen molar-refractivity contribution in [2.24, 2.45) is 17.4 Å². The number of carboxylic acid groups (broad SMARTS) is 1. The summed E-state index contributed by atoms with van der Waals surface area (Å²) in [5.41, 5.74) is 11.4. The van der Waals surface area contributed by atoms with Gasteiger partial charge in [-0.25, -0.2) is 14.5 Å². The fourth-order valence-electron chi connectivity index (χ4n) is 2.27. The average Bonchev–Trinajstić information content (AvgIpc) is 2.31. The molecule has 0 aromatic rings. The lowest BCUT2D eigenvalue weighted by Gasteiger charge is -2.42. The maximum atomic E-state index is 11.7. The zero-order valence-corrected chi connectivity index (χ0v) is 9.95. The minimum atomic E-state index is -1.24. The van der Waals surface area contributed by atoms with Crippen molar-refractivity contribution in [1.82, 2.24) is 10.2 Å². The number of dihydropyridines is 1. The SMILES string of the molecule is NC(=O)N1C(=O)[C@H](CC2=CC(N)NC=C2)C1C(=O)O. The Labute approximate surface area is 108 Å². The molecule has 2 unspecified atom stereocenters. The number of allylic oxidation sites excluding steroid dienone is 2. The summed E-state index contributed by atoms with van der Waals surface area (Å²) >= 11 is 0. The van der Waals surface area contributed by atoms with Crippen LogP contribution >= 0.6 is 0 Å². The van der Waals surface area contributed by atoms with Crippen molar-refractivity contribution in [1.29, 1.82) is 0 Å². The van der Waals surface area contributed by atoms with Gasteiger partial charge in [-0.3, -0.25) is 4.79 Å². The van der Waals surface area contributed by atoms with Gasteiger partial charge in [0.1, 0.15) is 0 Å². The summed E-state index contributed by atoms with van der Waals surface area (Å²) in [6.07, 6.45) is 4.88. The van der Waals surface area contributed by atoms with Gasteiger partial charge in [0.05, 0.1) is 12.1 Å². The number of nitrogens with two attached hydrogens (primary N) is 2. The van der Waals surface area contributed by atoms with Crippen LogP contribution in [0.3, 0.4) is 0 Å². The van der Waals surface area contributed by atoms with Crippen LogP contribution in [-0.2, 0) is 9.59 Å². The summed E-state index contributed by atoms with van der Waals surface area (Å²) < 4.78 is 0. The van der Waals surface area contributed by atoms with E-state index >= 15 is 0 Å². The number of carboxylic acids is 1. The van der Waals surface area contributed by atoms with Crippen molar-refractivity contribution >= 4 is 17.9 Å². The molecule has 3 atom stereocenters. The van der Waals surface area contributed by atoms with E-state index in [1.165, 1.54) is 0 Å². The van der Waals surface area contributed by atoms with Gasteiger partial charge in [0, 0.05) is 0 Å². The van der Waals surface area contributed by atoms with E-state index < -0.39 is 29.9 Å². The van der Waals surface area contributed by atoms with Crippen LogP contribution < -0.4 is 16.8 Å². The zero-order chi connectivity index (χ0) is 14.2. The Bertz CT molecular complexity index is 499. The molecule has 8 nitrogen and oxygen atoms in total. The number of carbonyl (C=O) groups excluding carboxylic acids is 2. The van der Waals surface area contributed by atoms with E-state index in [-0.39, 0.29) is 12.6 Å². The van der Waals surface area contributed by atoms with Crippen LogP contribution in [0.1, 0.15) is 6.42 Å². The standard InChI is InChI=1S/C11H14N4O4/c12-7-4-5(1-2-14-7)3-6-8(10(17)18)15(9(6)16)11(13)19/h1-2,4,6-8,14H,3,12H2,(H2,13,19)(H,17,18)/t6-,7?,8?/m1/s1. The number of amides is 3. The molecule has 0 saturated carbocycles. The van der Waals surface area contributed by atoms with Gasteiger partial charge in [0.2, 0.25) is 5.91 Å². The summed E-state index contributed by atoms with van der Waals surface area (Å²) in [6.45, 7) is 0. The highest BCUT2D eigenvalue weighted by molar-refractivity contribution is 6.07. The van der Waals surface area contributed by atoms with E-state index in [9.17, 15) is 14.4 Å². The second kappa shape index (κ2) is 4.73. The number of imide groups is 1. The first-order valence-corrected chi connectivity index (χ1v) is 5.66. The molecule has 2 rings (SSSR count). The highest BCUT2D eigenvalue weighted by Crippen LogP contribution is 2.32. The predicted molar refractivity (Wildman–Crippen MR) is 64.3 cm³/mol. The monoisotopic (exact) mass is 266 g/mol. The zero-order valence-electron chi connectivity index (χ0n) is 9.95. The molecule has 2 heterocycles. The molecule has 102 valence electrons. The smallest absolute Gasteiger partial charge is 0.327 e. The number of carbonyl (C=O) groups is 3. The molecule has 0 radical (unpaired) electrons. The van der Waals surface area contributed by atoms with Crippen LogP contribution in [0.25, 0.3) is 0 Å². The van der Waals surface area contributed by atoms with Crippen molar-refractivity contribution in [2.45, 2.75) is 18.6 Å². The van der Waals surface area contributed by atoms with Crippen molar-refractivity contribution in [3.63, 3.8) is 0 Å². The molecule has 1 fully saturated rings. The van der Waals surface area contributed by atoms with Gasteiger partial charge >= 0.3 is 12.0 Å². The molecule has 2 aliphatic rings. The topological polar surface area (TPSA) is 139 Å². The van der Waals surface area contributed by atoms with Gasteiger partial charge < -0.3 is 21.9 Å². The fourth-order valence-corrected chi connectivity index (χ4v) is 2.27. The number of primary amides is 1. The van der Waals surface area contributed by atoms with E-state index in [1.54, 1.807) is 18.4 Å². The number of likely N-dealkylation sites (tertiary alicyclic amines) is 1. The van der Waals surface area contributed by atoms with Crippen LogP contribution in [0.15, 0.2) is 23.9 Å². The molecule has 0 aromatic heterocycles. The van der Waals surface area contributed by atoms with Crippen molar-refractivity contribution in [2.75, 3.05) is 0 Å². The minimum absolute atomic E-state index is 0.214. The van der Waals surface area contributed by atoms with Gasteiger partial charge in [-0.1, -0.05) is 0 Å². The third kappa shape index (κ3) is 2.29. The number of rotatable bonds is 3. The lowest BCUT2D eigenvalue weighted by Crippen LogP contribution is -2.67. The highest BCUT2D eigenvalue weighted by atomic mass is 16.4. The molecular weight excluding hydrogens is 252 g/mol. The van der Waals surface area contributed by atoms with Gasteiger partial charge in [0.15, 0.2) is 6.04 Å². The van der Waals surface area contributed by atoms with Crippen LogP contribution in [0.2, 0.25) is 0 Å². The molecule has 3 amide bonds. The summed E-state index contributed by atoms with van der Waals surface area (Å²) in [5, 5.41) is 11.9. The number of nitrogens with one attached hydrogen (secondary N) is 1. The third-order valence-electron chi connectivity index (χ3n) is 3.14. The van der Waals surface area contributed by atoms with E-state index in [2.05, 4.69) is 5.32 Å². The molecule has 0 spiro atoms. The van der Waals surface area contributed by atoms with E-state index in [1.807, 2.05) is 0 Å². The highest BCUT2D eigenvalue weighted by Gasteiger charge is 2.54. The second-order valence-electron chi connectivity index (χ2n) is 4.41. The number of hydrogen-bond acceptors (Lipinski definition) is 5. The van der Waals surface area contributed by atoms with Gasteiger partial charge in [-0.15, -0.1) is 0 Å². The van der Waals surface area contributed by atoms with Gasteiger partial charge in [-0.05, 0) is 30.3 Å².